The summed E-state index contributed by atoms with van der Waals surface area (Å²) in [6.45, 7) is 0.422. The molecule has 5 fully saturated rings. The molecule has 25 heavy (non-hydrogen) atoms. The van der Waals surface area contributed by atoms with Crippen LogP contribution in [0.2, 0.25) is 0 Å². The molecular formula is C21H26N2O2. The number of carbonyl (C=O) groups excluding carboxylic acids is 2. The molecule has 1 heterocycles. The summed E-state index contributed by atoms with van der Waals surface area (Å²) in [6.07, 6.45) is 8.66. The predicted molar refractivity (Wildman–Crippen MR) is 95.9 cm³/mol. The molecule has 132 valence electrons. The highest BCUT2D eigenvalue weighted by molar-refractivity contribution is 6.00. The molecule has 0 aromatic heterocycles. The topological polar surface area (TPSA) is 63.4 Å². The quantitative estimate of drug-likeness (QED) is 0.921. The molecule has 1 aromatic carbocycles. The van der Waals surface area contributed by atoms with E-state index >= 15 is 0 Å². The zero-order valence-corrected chi connectivity index (χ0v) is 14.6. The molecule has 4 saturated carbocycles. The van der Waals surface area contributed by atoms with Crippen LogP contribution in [-0.4, -0.2) is 18.4 Å². The molecule has 0 spiro atoms. The summed E-state index contributed by atoms with van der Waals surface area (Å²) in [5.41, 5.74) is 8.13. The molecule has 2 N–H and O–H groups in total. The number of nitrogens with zero attached hydrogens (tertiary/aromatic N) is 1. The summed E-state index contributed by atoms with van der Waals surface area (Å²) in [4.78, 5) is 25.3. The standard InChI is InChI=1S/C21H26N2O2/c22-20(25)16-8-19(24)23(12-16)18-3-1-17(2-4-18)21-9-13-5-14(10-21)7-15(6-13)11-21/h1-4,13-16H,5-12H2,(H2,22,25). The van der Waals surface area contributed by atoms with Crippen LogP contribution in [0.15, 0.2) is 24.3 Å². The molecule has 2 amide bonds. The summed E-state index contributed by atoms with van der Waals surface area (Å²) < 4.78 is 0. The number of nitrogens with two attached hydrogens (primary N) is 1. The molecule has 4 aliphatic carbocycles. The van der Waals surface area contributed by atoms with Crippen LogP contribution in [0, 0.1) is 23.7 Å². The maximum atomic E-state index is 12.2. The third-order valence-electron chi connectivity index (χ3n) is 7.36. The summed E-state index contributed by atoms with van der Waals surface area (Å²) in [5.74, 6) is 2.08. The minimum Gasteiger partial charge on any atom is -0.369 e. The lowest BCUT2D eigenvalue weighted by Crippen LogP contribution is -2.48. The van der Waals surface area contributed by atoms with Crippen LogP contribution in [-0.2, 0) is 15.0 Å². The summed E-state index contributed by atoms with van der Waals surface area (Å²) in [6, 6.07) is 8.64. The van der Waals surface area contributed by atoms with E-state index in [1.54, 1.807) is 4.90 Å². The highest BCUT2D eigenvalue weighted by atomic mass is 16.2. The zero-order valence-electron chi connectivity index (χ0n) is 14.6. The minimum absolute atomic E-state index is 0.00588. The van der Waals surface area contributed by atoms with E-state index in [2.05, 4.69) is 24.3 Å². The van der Waals surface area contributed by atoms with Crippen molar-refractivity contribution < 1.29 is 9.59 Å². The van der Waals surface area contributed by atoms with E-state index in [9.17, 15) is 9.59 Å². The Labute approximate surface area is 148 Å². The van der Waals surface area contributed by atoms with E-state index in [-0.39, 0.29) is 24.2 Å². The van der Waals surface area contributed by atoms with Gasteiger partial charge in [0.05, 0.1) is 5.92 Å². The molecule has 1 aliphatic heterocycles. The third kappa shape index (κ3) is 2.41. The number of carbonyl (C=O) groups is 2. The van der Waals surface area contributed by atoms with Crippen molar-refractivity contribution >= 4 is 17.5 Å². The van der Waals surface area contributed by atoms with Crippen LogP contribution in [0.4, 0.5) is 5.69 Å². The molecule has 1 unspecified atom stereocenters. The van der Waals surface area contributed by atoms with Crippen LogP contribution in [0.5, 0.6) is 0 Å². The van der Waals surface area contributed by atoms with E-state index < -0.39 is 0 Å². The van der Waals surface area contributed by atoms with Gasteiger partial charge in [-0.2, -0.15) is 0 Å². The normalized spacial score (nSPS) is 39.2. The van der Waals surface area contributed by atoms with Crippen molar-refractivity contribution in [3.05, 3.63) is 29.8 Å². The van der Waals surface area contributed by atoms with Crippen LogP contribution in [0.1, 0.15) is 50.5 Å². The Bertz CT molecular complexity index is 689. The molecule has 4 bridgehead atoms. The van der Waals surface area contributed by atoms with Crippen molar-refractivity contribution in [2.75, 3.05) is 11.4 Å². The zero-order chi connectivity index (χ0) is 17.2. The molecule has 5 aliphatic rings. The minimum atomic E-state index is -0.374. The Balaban J connectivity index is 1.39. The molecule has 0 radical (unpaired) electrons. The molecule has 1 aromatic rings. The van der Waals surface area contributed by atoms with Gasteiger partial charge in [-0.15, -0.1) is 0 Å². The van der Waals surface area contributed by atoms with Crippen LogP contribution in [0.3, 0.4) is 0 Å². The van der Waals surface area contributed by atoms with Gasteiger partial charge < -0.3 is 10.6 Å². The van der Waals surface area contributed by atoms with Crippen molar-refractivity contribution in [3.63, 3.8) is 0 Å². The van der Waals surface area contributed by atoms with Crippen LogP contribution < -0.4 is 10.6 Å². The lowest BCUT2D eigenvalue weighted by Gasteiger charge is -2.57. The number of hydrogen-bond donors (Lipinski definition) is 1. The van der Waals surface area contributed by atoms with Gasteiger partial charge in [-0.1, -0.05) is 12.1 Å². The Morgan fingerprint density at radius 2 is 1.56 bits per heavy atom. The first kappa shape index (κ1) is 15.4. The van der Waals surface area contributed by atoms with Crippen LogP contribution in [0.25, 0.3) is 0 Å². The number of primary amides is 1. The number of amides is 2. The molecule has 1 saturated heterocycles. The second-order valence-corrected chi connectivity index (χ2v) is 9.05. The van der Waals surface area contributed by atoms with Crippen molar-refractivity contribution in [2.45, 2.75) is 50.4 Å². The Kier molecular flexibility index (Phi) is 3.28. The van der Waals surface area contributed by atoms with Gasteiger partial charge in [0.15, 0.2) is 0 Å². The predicted octanol–water partition coefficient (Wildman–Crippen LogP) is 2.99. The first-order valence-corrected chi connectivity index (χ1v) is 9.73. The number of hydrogen-bond acceptors (Lipinski definition) is 2. The lowest BCUT2D eigenvalue weighted by atomic mass is 9.48. The highest BCUT2D eigenvalue weighted by Crippen LogP contribution is 2.60. The summed E-state index contributed by atoms with van der Waals surface area (Å²) in [5, 5.41) is 0. The largest absolute Gasteiger partial charge is 0.369 e. The number of anilines is 1. The van der Waals surface area contributed by atoms with E-state index in [1.165, 1.54) is 44.1 Å². The summed E-state index contributed by atoms with van der Waals surface area (Å²) >= 11 is 0. The van der Waals surface area contributed by atoms with Gasteiger partial charge in [-0.3, -0.25) is 9.59 Å². The van der Waals surface area contributed by atoms with Gasteiger partial charge in [0.25, 0.3) is 0 Å². The van der Waals surface area contributed by atoms with Crippen molar-refractivity contribution in [1.29, 1.82) is 0 Å². The average Bonchev–Trinajstić information content (AvgIpc) is 2.96. The second-order valence-electron chi connectivity index (χ2n) is 9.05. The van der Waals surface area contributed by atoms with Gasteiger partial charge in [-0.05, 0) is 79.4 Å². The average molecular weight is 338 g/mol. The van der Waals surface area contributed by atoms with E-state index in [0.717, 1.165) is 23.4 Å². The van der Waals surface area contributed by atoms with Gasteiger partial charge in [0.1, 0.15) is 0 Å². The van der Waals surface area contributed by atoms with Crippen molar-refractivity contribution in [1.82, 2.24) is 0 Å². The van der Waals surface area contributed by atoms with E-state index in [1.807, 2.05) is 0 Å². The van der Waals surface area contributed by atoms with Crippen molar-refractivity contribution in [3.8, 4) is 0 Å². The Hall–Kier alpha value is -1.84. The highest BCUT2D eigenvalue weighted by Gasteiger charge is 2.51. The Morgan fingerprint density at radius 3 is 2.04 bits per heavy atom. The fourth-order valence-electron chi connectivity index (χ4n) is 6.61. The number of rotatable bonds is 3. The van der Waals surface area contributed by atoms with Crippen LogP contribution >= 0.6 is 0 Å². The third-order valence-corrected chi connectivity index (χ3v) is 7.36. The van der Waals surface area contributed by atoms with Crippen molar-refractivity contribution in [2.24, 2.45) is 29.4 Å². The molecule has 6 rings (SSSR count). The van der Waals surface area contributed by atoms with Gasteiger partial charge >= 0.3 is 0 Å². The summed E-state index contributed by atoms with van der Waals surface area (Å²) in [7, 11) is 0. The maximum absolute atomic E-state index is 12.2. The van der Waals surface area contributed by atoms with Gasteiger partial charge in [-0.25, -0.2) is 0 Å². The molecule has 4 heteroatoms. The van der Waals surface area contributed by atoms with E-state index in [0.29, 0.717) is 12.0 Å². The molecule has 4 nitrogen and oxygen atoms in total. The van der Waals surface area contributed by atoms with Gasteiger partial charge in [0.2, 0.25) is 11.8 Å². The van der Waals surface area contributed by atoms with E-state index in [4.69, 9.17) is 5.73 Å². The SMILES string of the molecule is NC(=O)C1CC(=O)N(c2ccc(C34CC5CC(CC(C5)C3)C4)cc2)C1. The smallest absolute Gasteiger partial charge is 0.227 e. The Morgan fingerprint density at radius 1 is 1.00 bits per heavy atom. The molecule has 1 atom stereocenters. The first-order chi connectivity index (χ1) is 12.0. The monoisotopic (exact) mass is 338 g/mol. The fraction of sp³-hybridized carbons (Fsp3) is 0.619. The fourth-order valence-corrected chi connectivity index (χ4v) is 6.61. The maximum Gasteiger partial charge on any atom is 0.227 e. The number of benzene rings is 1. The molecular weight excluding hydrogens is 312 g/mol. The second kappa shape index (κ2) is 5.33. The first-order valence-electron chi connectivity index (χ1n) is 9.73. The van der Waals surface area contributed by atoms with Gasteiger partial charge in [0, 0.05) is 18.7 Å². The lowest BCUT2D eigenvalue weighted by molar-refractivity contribution is -0.123.